The Morgan fingerprint density at radius 3 is 2.58 bits per heavy atom. The lowest BCUT2D eigenvalue weighted by Gasteiger charge is -2.36. The molecule has 7 rings (SSSR count). The maximum absolute atomic E-state index is 15.0. The summed E-state index contributed by atoms with van der Waals surface area (Å²) in [5.41, 5.74) is 9.54. The number of alkyl halides is 1. The van der Waals surface area contributed by atoms with Crippen molar-refractivity contribution in [3.05, 3.63) is 89.8 Å². The molecule has 18 heteroatoms. The van der Waals surface area contributed by atoms with Crippen molar-refractivity contribution in [1.29, 1.82) is 0 Å². The molecular weight excluding hydrogens is 936 g/mol. The van der Waals surface area contributed by atoms with E-state index in [0.29, 0.717) is 50.9 Å². The fourth-order valence-electron chi connectivity index (χ4n) is 10.8. The van der Waals surface area contributed by atoms with Crippen LogP contribution in [-0.2, 0) is 54.7 Å². The van der Waals surface area contributed by atoms with Crippen LogP contribution in [-0.4, -0.2) is 145 Å². The number of rotatable bonds is 14. The van der Waals surface area contributed by atoms with E-state index < -0.39 is 51.3 Å². The largest absolute Gasteiger partial charge is 0.464 e. The highest BCUT2D eigenvalue weighted by molar-refractivity contribution is 6.45. The third kappa shape index (κ3) is 11.6. The molecule has 0 spiro atoms. The molecule has 2 saturated heterocycles. The number of urea groups is 1. The summed E-state index contributed by atoms with van der Waals surface area (Å²) in [6.07, 6.45) is 4.90. The van der Waals surface area contributed by atoms with Crippen LogP contribution in [0, 0.1) is 11.3 Å². The maximum Gasteiger partial charge on any atom is 0.324 e. The van der Waals surface area contributed by atoms with Gasteiger partial charge >= 0.3 is 12.0 Å². The van der Waals surface area contributed by atoms with Gasteiger partial charge in [0.2, 0.25) is 17.7 Å². The second kappa shape index (κ2) is 23.3. The number of aryl methyl sites for hydroxylation is 1. The molecule has 3 aliphatic heterocycles. The topological polar surface area (TPSA) is 179 Å². The second-order valence-corrected chi connectivity index (χ2v) is 22.4. The molecule has 0 aliphatic carbocycles. The maximum atomic E-state index is 15.0. The first-order valence-electron chi connectivity index (χ1n) is 25.3. The number of likely N-dealkylation sites (tertiary alicyclic amines) is 1. The molecule has 2 aromatic heterocycles. The van der Waals surface area contributed by atoms with Crippen LogP contribution in [0.5, 0.6) is 0 Å². The van der Waals surface area contributed by atoms with Gasteiger partial charge in [0.15, 0.2) is 0 Å². The van der Waals surface area contributed by atoms with Crippen molar-refractivity contribution in [2.24, 2.45) is 11.3 Å². The number of hydrazine groups is 1. The lowest BCUT2D eigenvalue weighted by Crippen LogP contribution is -2.58. The van der Waals surface area contributed by atoms with Crippen molar-refractivity contribution in [3.8, 4) is 22.4 Å². The van der Waals surface area contributed by atoms with Crippen molar-refractivity contribution >= 4 is 50.3 Å². The molecule has 16 nitrogen and oxygen atoms in total. The number of ether oxygens (including phenoxy) is 2. The standard InChI is InChI=1S/C54H73FN8O8Si/c1-10-46(65)62(22-23-64)39-18-21-60(31-39)53(69)59(8)48(33(3)4)50(66)58-72-45-27-35-24-36(30-55)26-38(25-35)37-16-17-44-41(28-37)42(49(61(44)11-2)40-14-12-19-56-47(40)34(5)70-9)29-54(6,7)32-71-52(68)43-15-13-20-63(57-43)51(45)67/h10,12,14,16-17,19,24-26,28,33-34,39,43,45,48,57,64H,1,11,13,15,18,20-23,27,29-32,72H2,2-9H3,(H,58,66)/t34-,39-,43-,45?,48-/m0/s1. The zero-order valence-electron chi connectivity index (χ0n) is 43.2. The third-order valence-corrected chi connectivity index (χ3v) is 16.2. The monoisotopic (exact) mass is 1010 g/mol. The number of carbonyl (C=O) groups is 5. The number of cyclic esters (lactones) is 1. The first-order chi connectivity index (χ1) is 34.4. The van der Waals surface area contributed by atoms with Gasteiger partial charge in [0.1, 0.15) is 28.4 Å². The molecule has 5 atom stereocenters. The van der Waals surface area contributed by atoms with Crippen LogP contribution in [0.3, 0.4) is 0 Å². The van der Waals surface area contributed by atoms with E-state index in [0.717, 1.165) is 50.1 Å². The molecule has 2 aromatic carbocycles. The van der Waals surface area contributed by atoms with Crippen molar-refractivity contribution in [3.63, 3.8) is 0 Å². The highest BCUT2D eigenvalue weighted by Gasteiger charge is 2.39. The summed E-state index contributed by atoms with van der Waals surface area (Å²) in [6.45, 7) is 16.4. The number of likely N-dealkylation sites (N-methyl/N-ethyl adjacent to an activating group) is 1. The summed E-state index contributed by atoms with van der Waals surface area (Å²) in [7, 11) is 1.40. The quantitative estimate of drug-likeness (QED) is 0.0786. The number of aliphatic hydroxyl groups excluding tert-OH is 1. The van der Waals surface area contributed by atoms with Crippen LogP contribution in [0.1, 0.15) is 89.3 Å². The fraction of sp³-hybridized carbons (Fsp3) is 0.519. The minimum atomic E-state index is -1.85. The lowest BCUT2D eigenvalue weighted by molar-refractivity contribution is -0.154. The Hall–Kier alpha value is -5.95. The number of hydrogen-bond acceptors (Lipinski definition) is 10. The SMILES string of the molecule is C=CC(=O)N(CCO)[C@H]1CCN(C(=O)N(C)[C@H](C(=O)N[SiH2]C2Cc3cc(CF)cc(c3)-c3ccc4c(c3)c(c(-c3cccnc3[C@H](C)OC)n4CC)CC(C)(C)COC(=O)[C@@H]3CCCN(N3)C2=O)C(C)C)C1. The highest BCUT2D eigenvalue weighted by Crippen LogP contribution is 2.42. The molecule has 72 heavy (non-hydrogen) atoms. The van der Waals surface area contributed by atoms with Gasteiger partial charge in [0, 0.05) is 75.0 Å². The number of aromatic nitrogens is 2. The van der Waals surface area contributed by atoms with Gasteiger partial charge in [-0.1, -0.05) is 52.5 Å². The molecule has 4 aromatic rings. The third-order valence-electron chi connectivity index (χ3n) is 14.5. The number of esters is 1. The summed E-state index contributed by atoms with van der Waals surface area (Å²) < 4.78 is 29.2. The number of pyridine rings is 1. The van der Waals surface area contributed by atoms with E-state index in [9.17, 15) is 33.5 Å². The summed E-state index contributed by atoms with van der Waals surface area (Å²) >= 11 is 0. The molecule has 2 fully saturated rings. The number of hydrogen-bond donors (Lipinski definition) is 3. The smallest absolute Gasteiger partial charge is 0.324 e. The minimum absolute atomic E-state index is 0.108. The van der Waals surface area contributed by atoms with E-state index in [1.54, 1.807) is 31.3 Å². The van der Waals surface area contributed by atoms with Gasteiger partial charge in [0.25, 0.3) is 0 Å². The molecule has 0 saturated carbocycles. The van der Waals surface area contributed by atoms with Gasteiger partial charge in [-0.2, -0.15) is 0 Å². The first-order valence-corrected chi connectivity index (χ1v) is 26.9. The van der Waals surface area contributed by atoms with Gasteiger partial charge in [0.05, 0.1) is 42.3 Å². The molecule has 1 unspecified atom stereocenters. The molecular formula is C54H73FN8O8Si. The summed E-state index contributed by atoms with van der Waals surface area (Å²) in [4.78, 5) is 82.4. The highest BCUT2D eigenvalue weighted by atomic mass is 28.2. The van der Waals surface area contributed by atoms with Crippen molar-refractivity contribution in [2.45, 2.75) is 117 Å². The van der Waals surface area contributed by atoms with E-state index in [1.807, 2.05) is 45.0 Å². The molecule has 5 heterocycles. The average molecular weight is 1010 g/mol. The van der Waals surface area contributed by atoms with Crippen molar-refractivity contribution in [2.75, 3.05) is 53.6 Å². The number of nitrogens with one attached hydrogen (secondary N) is 2. The number of halogens is 1. The van der Waals surface area contributed by atoms with Gasteiger partial charge in [-0.25, -0.2) is 14.6 Å². The van der Waals surface area contributed by atoms with Crippen LogP contribution in [0.25, 0.3) is 33.3 Å². The van der Waals surface area contributed by atoms with Crippen molar-refractivity contribution < 1.29 is 42.9 Å². The van der Waals surface area contributed by atoms with E-state index in [4.69, 9.17) is 14.5 Å². The number of fused-ring (bicyclic) bond motifs is 6. The predicted octanol–water partition coefficient (Wildman–Crippen LogP) is 5.88. The van der Waals surface area contributed by atoms with Gasteiger partial charge < -0.3 is 38.8 Å². The Morgan fingerprint density at radius 1 is 1.11 bits per heavy atom. The number of nitrogens with zero attached hydrogens (tertiary/aromatic N) is 6. The second-order valence-electron chi connectivity index (χ2n) is 20.6. The summed E-state index contributed by atoms with van der Waals surface area (Å²) in [6, 6.07) is 13.6. The van der Waals surface area contributed by atoms with E-state index in [2.05, 4.69) is 60.5 Å². The molecule has 5 amide bonds. The Balaban J connectivity index is 1.25. The van der Waals surface area contributed by atoms with E-state index in [1.165, 1.54) is 20.9 Å². The lowest BCUT2D eigenvalue weighted by atomic mass is 9.84. The Bertz CT molecular complexity index is 2660. The van der Waals surface area contributed by atoms with Crippen LogP contribution in [0.4, 0.5) is 9.18 Å². The number of amides is 5. The number of aliphatic hydroxyl groups is 1. The Morgan fingerprint density at radius 2 is 1.89 bits per heavy atom. The molecule has 3 N–H and O–H groups in total. The van der Waals surface area contributed by atoms with Crippen LogP contribution in [0.15, 0.2) is 67.4 Å². The van der Waals surface area contributed by atoms with E-state index >= 15 is 0 Å². The van der Waals surface area contributed by atoms with Crippen molar-refractivity contribution in [1.82, 2.24) is 39.7 Å². The van der Waals surface area contributed by atoms with Crippen LogP contribution < -0.4 is 10.4 Å². The minimum Gasteiger partial charge on any atom is -0.464 e. The van der Waals surface area contributed by atoms with Gasteiger partial charge in [-0.05, 0) is 116 Å². The normalized spacial score (nSPS) is 20.3. The molecule has 3 aliphatic rings. The molecule has 0 radical (unpaired) electrons. The number of carbonyl (C=O) groups excluding carboxylic acids is 5. The van der Waals surface area contributed by atoms with Crippen LogP contribution >= 0.6 is 0 Å². The zero-order valence-corrected chi connectivity index (χ0v) is 44.6. The predicted molar refractivity (Wildman–Crippen MR) is 278 cm³/mol. The number of methoxy groups -OCH3 is 1. The number of benzene rings is 2. The van der Waals surface area contributed by atoms with Gasteiger partial charge in [-0.3, -0.25) is 29.2 Å². The molecule has 388 valence electrons. The fourth-order valence-corrected chi connectivity index (χ4v) is 12.4. The summed E-state index contributed by atoms with van der Waals surface area (Å²) in [5.74, 6) is -1.79. The van der Waals surface area contributed by atoms with Gasteiger partial charge in [-0.15, -0.1) is 0 Å². The van der Waals surface area contributed by atoms with Crippen LogP contribution in [0.2, 0.25) is 5.54 Å². The Labute approximate surface area is 425 Å². The van der Waals surface area contributed by atoms with E-state index in [-0.39, 0.29) is 68.6 Å². The Kier molecular flexibility index (Phi) is 17.4. The summed E-state index contributed by atoms with van der Waals surface area (Å²) in [5, 5.41) is 12.1. The molecule has 6 bridgehead atoms. The first kappa shape index (κ1) is 53.8. The zero-order chi connectivity index (χ0) is 52.0. The average Bonchev–Trinajstić information content (AvgIpc) is 3.99.